The Bertz CT molecular complexity index is 867. The lowest BCUT2D eigenvalue weighted by molar-refractivity contribution is -0.120. The number of fused-ring (bicyclic) bond motifs is 1. The molecule has 1 saturated heterocycles. The van der Waals surface area contributed by atoms with Crippen LogP contribution in [0.5, 0.6) is 0 Å². The molecule has 0 unspecified atom stereocenters. The summed E-state index contributed by atoms with van der Waals surface area (Å²) in [6, 6.07) is 14.4. The normalized spacial score (nSPS) is 15.5. The first kappa shape index (κ1) is 15.6. The van der Waals surface area contributed by atoms with Gasteiger partial charge in [-0.2, -0.15) is 4.98 Å². The number of nitrogens with one attached hydrogen (secondary N) is 1. The van der Waals surface area contributed by atoms with Crippen LogP contribution in [0, 0.1) is 11.7 Å². The number of benzene rings is 2. The summed E-state index contributed by atoms with van der Waals surface area (Å²) in [7, 11) is 0. The number of hydrogen-bond donors (Lipinski definition) is 1. The van der Waals surface area contributed by atoms with E-state index in [-0.39, 0.29) is 17.5 Å². The van der Waals surface area contributed by atoms with Gasteiger partial charge in [0.05, 0.1) is 5.69 Å². The van der Waals surface area contributed by atoms with Crippen LogP contribution in [-0.2, 0) is 4.79 Å². The van der Waals surface area contributed by atoms with Crippen molar-refractivity contribution in [3.63, 3.8) is 0 Å². The molecule has 0 spiro atoms. The average molecular weight is 339 g/mol. The number of para-hydroxylation sites is 3. The van der Waals surface area contributed by atoms with Crippen molar-refractivity contribution in [1.29, 1.82) is 0 Å². The molecule has 0 atom stereocenters. The highest BCUT2D eigenvalue weighted by Crippen LogP contribution is 2.27. The van der Waals surface area contributed by atoms with E-state index in [1.807, 2.05) is 29.2 Å². The molecule has 1 aliphatic heterocycles. The Labute approximate surface area is 144 Å². The third-order valence-corrected chi connectivity index (χ3v) is 4.55. The minimum absolute atomic E-state index is 0.137. The number of hydrogen-bond acceptors (Lipinski definition) is 4. The summed E-state index contributed by atoms with van der Waals surface area (Å²) < 4.78 is 19.4. The molecule has 2 aromatic carbocycles. The van der Waals surface area contributed by atoms with E-state index in [1.54, 1.807) is 18.2 Å². The maximum Gasteiger partial charge on any atom is 0.298 e. The molecule has 4 rings (SSSR count). The fourth-order valence-corrected chi connectivity index (χ4v) is 3.13. The Morgan fingerprint density at radius 1 is 1.12 bits per heavy atom. The monoisotopic (exact) mass is 339 g/mol. The molecule has 1 N–H and O–H groups in total. The zero-order valence-corrected chi connectivity index (χ0v) is 13.6. The Balaban J connectivity index is 1.39. The van der Waals surface area contributed by atoms with Gasteiger partial charge < -0.3 is 14.6 Å². The summed E-state index contributed by atoms with van der Waals surface area (Å²) in [4.78, 5) is 18.9. The zero-order chi connectivity index (χ0) is 17.2. The van der Waals surface area contributed by atoms with Crippen molar-refractivity contribution in [2.45, 2.75) is 12.8 Å². The number of aromatic nitrogens is 1. The van der Waals surface area contributed by atoms with Crippen LogP contribution in [0.15, 0.2) is 52.9 Å². The number of carbonyl (C=O) groups excluding carboxylic acids is 1. The van der Waals surface area contributed by atoms with Crippen molar-refractivity contribution >= 4 is 28.7 Å². The quantitative estimate of drug-likeness (QED) is 0.788. The number of oxazole rings is 1. The van der Waals surface area contributed by atoms with Crippen LogP contribution < -0.4 is 10.2 Å². The van der Waals surface area contributed by atoms with E-state index < -0.39 is 5.82 Å². The second-order valence-corrected chi connectivity index (χ2v) is 6.19. The first-order valence-electron chi connectivity index (χ1n) is 8.36. The van der Waals surface area contributed by atoms with Gasteiger partial charge in [-0.15, -0.1) is 0 Å². The van der Waals surface area contributed by atoms with Crippen LogP contribution in [0.25, 0.3) is 11.1 Å². The lowest BCUT2D eigenvalue weighted by Crippen LogP contribution is -2.38. The van der Waals surface area contributed by atoms with Gasteiger partial charge in [0.15, 0.2) is 5.58 Å². The average Bonchev–Trinajstić information content (AvgIpc) is 3.08. The largest absolute Gasteiger partial charge is 0.423 e. The fourth-order valence-electron chi connectivity index (χ4n) is 3.13. The van der Waals surface area contributed by atoms with Gasteiger partial charge in [-0.05, 0) is 37.1 Å². The molecule has 6 heteroatoms. The van der Waals surface area contributed by atoms with Crippen LogP contribution >= 0.6 is 0 Å². The summed E-state index contributed by atoms with van der Waals surface area (Å²) in [6.07, 6.45) is 1.36. The van der Waals surface area contributed by atoms with Crippen molar-refractivity contribution in [2.75, 3.05) is 23.3 Å². The molecule has 1 amide bonds. The topological polar surface area (TPSA) is 58.4 Å². The van der Waals surface area contributed by atoms with Crippen LogP contribution in [0.4, 0.5) is 16.1 Å². The molecule has 0 saturated carbocycles. The van der Waals surface area contributed by atoms with E-state index in [4.69, 9.17) is 4.42 Å². The molecule has 25 heavy (non-hydrogen) atoms. The lowest BCUT2D eigenvalue weighted by atomic mass is 9.96. The molecule has 3 aromatic rings. The molecule has 0 aliphatic carbocycles. The van der Waals surface area contributed by atoms with Crippen molar-refractivity contribution in [3.8, 4) is 0 Å². The van der Waals surface area contributed by atoms with Crippen molar-refractivity contribution in [1.82, 2.24) is 4.98 Å². The fraction of sp³-hybridized carbons (Fsp3) is 0.263. The van der Waals surface area contributed by atoms with E-state index >= 15 is 0 Å². The Hall–Kier alpha value is -2.89. The minimum atomic E-state index is -0.417. The number of nitrogens with zero attached hydrogens (tertiary/aromatic N) is 2. The molecular weight excluding hydrogens is 321 g/mol. The number of amides is 1. The van der Waals surface area contributed by atoms with Crippen molar-refractivity contribution in [2.24, 2.45) is 5.92 Å². The van der Waals surface area contributed by atoms with Gasteiger partial charge in [0, 0.05) is 19.0 Å². The smallest absolute Gasteiger partial charge is 0.298 e. The summed E-state index contributed by atoms with van der Waals surface area (Å²) >= 11 is 0. The highest BCUT2D eigenvalue weighted by atomic mass is 19.1. The summed E-state index contributed by atoms with van der Waals surface area (Å²) in [5.41, 5.74) is 1.82. The number of anilines is 2. The van der Waals surface area contributed by atoms with Gasteiger partial charge in [0.25, 0.3) is 6.01 Å². The molecule has 5 nitrogen and oxygen atoms in total. The molecule has 0 bridgehead atoms. The second kappa shape index (κ2) is 6.55. The molecule has 1 aliphatic rings. The second-order valence-electron chi connectivity index (χ2n) is 6.19. The lowest BCUT2D eigenvalue weighted by Gasteiger charge is -2.30. The van der Waals surface area contributed by atoms with Gasteiger partial charge in [-0.1, -0.05) is 24.3 Å². The summed E-state index contributed by atoms with van der Waals surface area (Å²) in [5, 5.41) is 2.68. The van der Waals surface area contributed by atoms with Gasteiger partial charge in [0.1, 0.15) is 11.3 Å². The van der Waals surface area contributed by atoms with Gasteiger partial charge in [0.2, 0.25) is 5.91 Å². The molecule has 0 radical (unpaired) electrons. The van der Waals surface area contributed by atoms with Gasteiger partial charge >= 0.3 is 0 Å². The predicted octanol–water partition coefficient (Wildman–Crippen LogP) is 3.82. The SMILES string of the molecule is O=C(Nc1ccccc1F)C1CCN(c2nc3ccccc3o2)CC1. The van der Waals surface area contributed by atoms with E-state index in [2.05, 4.69) is 10.3 Å². The van der Waals surface area contributed by atoms with Crippen LogP contribution in [0.2, 0.25) is 0 Å². The number of piperidine rings is 1. The maximum absolute atomic E-state index is 13.7. The Kier molecular flexibility index (Phi) is 4.09. The van der Waals surface area contributed by atoms with Crippen molar-refractivity contribution < 1.29 is 13.6 Å². The number of rotatable bonds is 3. The third-order valence-electron chi connectivity index (χ3n) is 4.55. The minimum Gasteiger partial charge on any atom is -0.423 e. The van der Waals surface area contributed by atoms with Crippen molar-refractivity contribution in [3.05, 3.63) is 54.3 Å². The molecular formula is C19H18FN3O2. The van der Waals surface area contributed by atoms with Crippen LogP contribution in [0.1, 0.15) is 12.8 Å². The predicted molar refractivity (Wildman–Crippen MR) is 94.0 cm³/mol. The number of carbonyl (C=O) groups is 1. The number of halogens is 1. The van der Waals surface area contributed by atoms with E-state index in [1.165, 1.54) is 6.07 Å². The van der Waals surface area contributed by atoms with Crippen LogP contribution in [-0.4, -0.2) is 24.0 Å². The standard InChI is InChI=1S/C19H18FN3O2/c20-14-5-1-2-6-15(14)21-18(24)13-9-11-23(12-10-13)19-22-16-7-3-4-8-17(16)25-19/h1-8,13H,9-12H2,(H,21,24). The first-order chi connectivity index (χ1) is 12.2. The van der Waals surface area contributed by atoms with Gasteiger partial charge in [-0.25, -0.2) is 4.39 Å². The maximum atomic E-state index is 13.7. The highest BCUT2D eigenvalue weighted by Gasteiger charge is 2.27. The molecule has 1 aromatic heterocycles. The summed E-state index contributed by atoms with van der Waals surface area (Å²) in [5.74, 6) is -0.692. The van der Waals surface area contributed by atoms with E-state index in [0.717, 1.165) is 11.1 Å². The molecule has 2 heterocycles. The van der Waals surface area contributed by atoms with E-state index in [0.29, 0.717) is 31.9 Å². The van der Waals surface area contributed by atoms with E-state index in [9.17, 15) is 9.18 Å². The zero-order valence-electron chi connectivity index (χ0n) is 13.6. The molecule has 1 fully saturated rings. The highest BCUT2D eigenvalue weighted by molar-refractivity contribution is 5.92. The first-order valence-corrected chi connectivity index (χ1v) is 8.36. The summed E-state index contributed by atoms with van der Waals surface area (Å²) in [6.45, 7) is 1.37. The van der Waals surface area contributed by atoms with Gasteiger partial charge in [-0.3, -0.25) is 4.79 Å². The van der Waals surface area contributed by atoms with Crippen LogP contribution in [0.3, 0.4) is 0 Å². The Morgan fingerprint density at radius 2 is 1.84 bits per heavy atom. The Morgan fingerprint density at radius 3 is 2.60 bits per heavy atom. The third kappa shape index (κ3) is 3.20. The molecule has 128 valence electrons.